The summed E-state index contributed by atoms with van der Waals surface area (Å²) >= 11 is 1.54. The number of nitrogens with zero attached hydrogens (tertiary/aromatic N) is 1. The van der Waals surface area contributed by atoms with Gasteiger partial charge in [0, 0.05) is 6.04 Å². The van der Waals surface area contributed by atoms with E-state index in [4.69, 9.17) is 0 Å². The Labute approximate surface area is 102 Å². The Morgan fingerprint density at radius 1 is 1.25 bits per heavy atom. The van der Waals surface area contributed by atoms with Crippen molar-refractivity contribution < 1.29 is 5.11 Å². The van der Waals surface area contributed by atoms with E-state index < -0.39 is 0 Å². The van der Waals surface area contributed by atoms with Crippen LogP contribution in [0.15, 0.2) is 0 Å². The molecule has 0 spiro atoms. The second-order valence-electron chi connectivity index (χ2n) is 5.59. The number of hydrogen-bond donors (Lipinski definition) is 2. The summed E-state index contributed by atoms with van der Waals surface area (Å²) in [7, 11) is 0. The summed E-state index contributed by atoms with van der Waals surface area (Å²) in [4.78, 5) is 5.10. The first kappa shape index (κ1) is 13.3. The van der Waals surface area contributed by atoms with Gasteiger partial charge in [0.1, 0.15) is 0 Å². The fourth-order valence-electron chi connectivity index (χ4n) is 1.16. The summed E-state index contributed by atoms with van der Waals surface area (Å²) in [5, 5.41) is 13.8. The highest BCUT2D eigenvalue weighted by atomic mass is 32.1. The van der Waals surface area contributed by atoms with Crippen LogP contribution in [0.3, 0.4) is 0 Å². The van der Waals surface area contributed by atoms with Crippen molar-refractivity contribution in [2.75, 3.05) is 5.32 Å². The number of anilines is 1. The van der Waals surface area contributed by atoms with E-state index in [0.717, 1.165) is 10.0 Å². The van der Waals surface area contributed by atoms with Gasteiger partial charge in [-0.15, -0.1) is 0 Å². The van der Waals surface area contributed by atoms with E-state index in [1.807, 2.05) is 0 Å². The number of hydrogen-bond acceptors (Lipinski definition) is 4. The zero-order chi connectivity index (χ0) is 12.5. The second-order valence-corrected chi connectivity index (χ2v) is 6.62. The van der Waals surface area contributed by atoms with Gasteiger partial charge in [-0.3, -0.25) is 0 Å². The molecule has 0 saturated heterocycles. The zero-order valence-corrected chi connectivity index (χ0v) is 11.8. The van der Waals surface area contributed by atoms with Crippen molar-refractivity contribution in [1.82, 2.24) is 4.98 Å². The summed E-state index contributed by atoms with van der Waals surface area (Å²) in [6.07, 6.45) is 0. The molecule has 1 atom stereocenters. The van der Waals surface area contributed by atoms with Gasteiger partial charge >= 0.3 is 0 Å². The predicted octanol–water partition coefficient (Wildman–Crippen LogP) is 3.82. The predicted molar refractivity (Wildman–Crippen MR) is 70.4 cm³/mol. The first-order valence-electron chi connectivity index (χ1n) is 5.68. The monoisotopic (exact) mass is 242 g/mol. The van der Waals surface area contributed by atoms with Crippen molar-refractivity contribution in [2.45, 2.75) is 53.5 Å². The number of aromatic nitrogens is 1. The van der Waals surface area contributed by atoms with Crippen LogP contribution >= 0.6 is 11.3 Å². The SMILES string of the molecule is CC(C)c1sc(N[C@@H](C)C(C)(C)C)nc1O. The molecule has 0 saturated carbocycles. The van der Waals surface area contributed by atoms with Crippen LogP contribution in [0.25, 0.3) is 0 Å². The molecule has 0 fully saturated rings. The number of nitrogens with one attached hydrogen (secondary N) is 1. The molecular formula is C12H22N2OS. The Bertz CT molecular complexity index is 352. The lowest BCUT2D eigenvalue weighted by molar-refractivity contribution is 0.359. The zero-order valence-electron chi connectivity index (χ0n) is 11.0. The molecule has 0 aliphatic carbocycles. The Morgan fingerprint density at radius 2 is 1.81 bits per heavy atom. The van der Waals surface area contributed by atoms with E-state index in [1.165, 1.54) is 11.3 Å². The Kier molecular flexibility index (Phi) is 3.84. The molecule has 0 amide bonds. The smallest absolute Gasteiger partial charge is 0.227 e. The molecule has 1 rings (SSSR count). The summed E-state index contributed by atoms with van der Waals surface area (Å²) in [5.74, 6) is 0.488. The summed E-state index contributed by atoms with van der Waals surface area (Å²) in [5.41, 5.74) is 0.180. The lowest BCUT2D eigenvalue weighted by atomic mass is 9.88. The van der Waals surface area contributed by atoms with E-state index in [1.54, 1.807) is 0 Å². The minimum atomic E-state index is 0.170. The molecule has 4 heteroatoms. The topological polar surface area (TPSA) is 45.2 Å². The maximum atomic E-state index is 9.68. The van der Waals surface area contributed by atoms with Gasteiger partial charge < -0.3 is 10.4 Å². The number of thiazole rings is 1. The van der Waals surface area contributed by atoms with E-state index in [9.17, 15) is 5.11 Å². The van der Waals surface area contributed by atoms with Crippen LogP contribution in [0.1, 0.15) is 52.3 Å². The number of rotatable bonds is 3. The van der Waals surface area contributed by atoms with E-state index >= 15 is 0 Å². The first-order valence-corrected chi connectivity index (χ1v) is 6.49. The maximum absolute atomic E-state index is 9.68. The Morgan fingerprint density at radius 3 is 2.19 bits per heavy atom. The van der Waals surface area contributed by atoms with Crippen molar-refractivity contribution in [1.29, 1.82) is 0 Å². The average Bonchev–Trinajstić information content (AvgIpc) is 2.45. The van der Waals surface area contributed by atoms with Crippen molar-refractivity contribution in [3.8, 4) is 5.88 Å². The van der Waals surface area contributed by atoms with Crippen LogP contribution in [-0.4, -0.2) is 16.1 Å². The molecule has 0 aromatic carbocycles. The first-order chi connectivity index (χ1) is 7.21. The van der Waals surface area contributed by atoms with Gasteiger partial charge in [-0.1, -0.05) is 46.0 Å². The van der Waals surface area contributed by atoms with Crippen LogP contribution in [0.5, 0.6) is 5.88 Å². The average molecular weight is 242 g/mol. The lowest BCUT2D eigenvalue weighted by Crippen LogP contribution is -2.30. The van der Waals surface area contributed by atoms with Crippen LogP contribution in [0.4, 0.5) is 5.13 Å². The quantitative estimate of drug-likeness (QED) is 0.847. The maximum Gasteiger partial charge on any atom is 0.227 e. The largest absolute Gasteiger partial charge is 0.492 e. The summed E-state index contributed by atoms with van der Waals surface area (Å²) in [6, 6.07) is 0.318. The molecule has 0 radical (unpaired) electrons. The molecule has 16 heavy (non-hydrogen) atoms. The molecule has 0 bridgehead atoms. The molecule has 1 aromatic heterocycles. The van der Waals surface area contributed by atoms with Crippen LogP contribution in [0.2, 0.25) is 0 Å². The Hall–Kier alpha value is -0.770. The molecular weight excluding hydrogens is 220 g/mol. The third-order valence-corrected chi connectivity index (χ3v) is 4.07. The third kappa shape index (κ3) is 3.11. The van der Waals surface area contributed by atoms with Crippen molar-refractivity contribution >= 4 is 16.5 Å². The standard InChI is InChI=1S/C12H22N2OS/c1-7(2)9-10(15)14-11(16-9)13-8(3)12(4,5)6/h7-8,15H,1-6H3,(H,13,14)/t8-/m0/s1. The highest BCUT2D eigenvalue weighted by molar-refractivity contribution is 7.16. The summed E-state index contributed by atoms with van der Waals surface area (Å²) in [6.45, 7) is 12.8. The van der Waals surface area contributed by atoms with Crippen molar-refractivity contribution in [3.05, 3.63) is 4.88 Å². The van der Waals surface area contributed by atoms with Crippen molar-refractivity contribution in [3.63, 3.8) is 0 Å². The normalized spacial score (nSPS) is 14.2. The molecule has 0 unspecified atom stereocenters. The van der Waals surface area contributed by atoms with Gasteiger partial charge in [0.25, 0.3) is 0 Å². The van der Waals surface area contributed by atoms with Crippen LogP contribution in [-0.2, 0) is 0 Å². The van der Waals surface area contributed by atoms with Gasteiger partial charge in [-0.2, -0.15) is 4.98 Å². The molecule has 2 N–H and O–H groups in total. The molecule has 3 nitrogen and oxygen atoms in total. The molecule has 1 aromatic rings. The van der Waals surface area contributed by atoms with Gasteiger partial charge in [0.15, 0.2) is 5.13 Å². The Balaban J connectivity index is 2.80. The minimum Gasteiger partial charge on any atom is -0.492 e. The lowest BCUT2D eigenvalue weighted by Gasteiger charge is -2.27. The fraction of sp³-hybridized carbons (Fsp3) is 0.750. The fourth-order valence-corrected chi connectivity index (χ4v) is 2.11. The van der Waals surface area contributed by atoms with E-state index in [2.05, 4.69) is 51.8 Å². The van der Waals surface area contributed by atoms with E-state index in [-0.39, 0.29) is 11.3 Å². The minimum absolute atomic E-state index is 0.170. The van der Waals surface area contributed by atoms with Gasteiger partial charge in [0.2, 0.25) is 5.88 Å². The van der Waals surface area contributed by atoms with Crippen molar-refractivity contribution in [2.24, 2.45) is 5.41 Å². The highest BCUT2D eigenvalue weighted by Gasteiger charge is 2.22. The molecule has 1 heterocycles. The van der Waals surface area contributed by atoms with Gasteiger partial charge in [-0.05, 0) is 18.3 Å². The molecule has 0 aliphatic rings. The third-order valence-electron chi connectivity index (χ3n) is 2.80. The van der Waals surface area contributed by atoms with Gasteiger partial charge in [-0.25, -0.2) is 0 Å². The van der Waals surface area contributed by atoms with E-state index in [0.29, 0.717) is 12.0 Å². The molecule has 0 aliphatic heterocycles. The number of aromatic hydroxyl groups is 1. The van der Waals surface area contributed by atoms with Crippen LogP contribution < -0.4 is 5.32 Å². The molecule has 92 valence electrons. The highest BCUT2D eigenvalue weighted by Crippen LogP contribution is 2.35. The summed E-state index contributed by atoms with van der Waals surface area (Å²) < 4.78 is 0. The van der Waals surface area contributed by atoms with Gasteiger partial charge in [0.05, 0.1) is 4.88 Å². The second kappa shape index (κ2) is 4.62. The van der Waals surface area contributed by atoms with Crippen LogP contribution in [0, 0.1) is 5.41 Å².